The van der Waals surface area contributed by atoms with Crippen molar-refractivity contribution >= 4 is 16.1 Å². The van der Waals surface area contributed by atoms with E-state index in [1.165, 1.54) is 0 Å². The summed E-state index contributed by atoms with van der Waals surface area (Å²) >= 11 is 0. The summed E-state index contributed by atoms with van der Waals surface area (Å²) in [5.41, 5.74) is 0.0137. The summed E-state index contributed by atoms with van der Waals surface area (Å²) < 4.78 is 28.6. The molecule has 0 aromatic heterocycles. The van der Waals surface area contributed by atoms with Gasteiger partial charge in [0.25, 0.3) is 10.2 Å². The normalized spacial score (nSPS) is 27.8. The zero-order valence-electron chi connectivity index (χ0n) is 14.5. The van der Waals surface area contributed by atoms with Gasteiger partial charge in [0.1, 0.15) is 0 Å². The van der Waals surface area contributed by atoms with E-state index in [0.717, 1.165) is 32.1 Å². The lowest BCUT2D eigenvalue weighted by Crippen LogP contribution is -2.54. The van der Waals surface area contributed by atoms with Gasteiger partial charge in [-0.2, -0.15) is 17.0 Å². The molecule has 3 rings (SSSR count). The molecule has 138 valence electrons. The van der Waals surface area contributed by atoms with E-state index >= 15 is 0 Å². The number of β-amino-alcohol motifs (C(OH)–C–C–N with tert-alkyl or cyclic N) is 1. The number of carbonyl (C=O) groups excluding carboxylic acids is 1. The Morgan fingerprint density at radius 3 is 2.25 bits per heavy atom. The molecule has 3 saturated heterocycles. The number of aliphatic hydroxyl groups excluding tert-OH is 1. The SMILES string of the molecule is CC(O)CN1CC2(CCC1=O)CCN(S(=O)(=O)N1CCCC1)CC2. The van der Waals surface area contributed by atoms with Crippen LogP contribution in [0, 0.1) is 5.41 Å². The molecule has 8 heteroatoms. The number of rotatable bonds is 4. The quantitative estimate of drug-likeness (QED) is 0.788. The first-order valence-electron chi connectivity index (χ1n) is 9.04. The van der Waals surface area contributed by atoms with E-state index in [0.29, 0.717) is 45.7 Å². The predicted octanol–water partition coefficient (Wildman–Crippen LogP) is 0.412. The Hall–Kier alpha value is -0.700. The number of likely N-dealkylation sites (tertiary alicyclic amines) is 1. The molecule has 3 aliphatic rings. The first-order chi connectivity index (χ1) is 11.3. The smallest absolute Gasteiger partial charge is 0.281 e. The van der Waals surface area contributed by atoms with Gasteiger partial charge in [-0.15, -0.1) is 0 Å². The molecule has 1 amide bonds. The Balaban J connectivity index is 1.62. The number of carbonyl (C=O) groups is 1. The second-order valence-electron chi connectivity index (χ2n) is 7.64. The standard InChI is InChI=1S/C16H29N3O4S/c1-14(20)12-17-13-16(5-4-15(17)21)6-10-19(11-7-16)24(22,23)18-8-2-3-9-18/h14,20H,2-13H2,1H3. The fourth-order valence-electron chi connectivity index (χ4n) is 4.27. The van der Waals surface area contributed by atoms with Crippen LogP contribution in [0.1, 0.15) is 45.4 Å². The average molecular weight is 359 g/mol. The molecule has 24 heavy (non-hydrogen) atoms. The molecule has 1 unspecified atom stereocenters. The highest BCUT2D eigenvalue weighted by Crippen LogP contribution is 2.41. The van der Waals surface area contributed by atoms with Crippen molar-refractivity contribution in [2.45, 2.75) is 51.6 Å². The van der Waals surface area contributed by atoms with E-state index in [2.05, 4.69) is 0 Å². The molecule has 0 saturated carbocycles. The van der Waals surface area contributed by atoms with Crippen molar-refractivity contribution in [2.24, 2.45) is 5.41 Å². The number of aliphatic hydroxyl groups is 1. The molecule has 0 bridgehead atoms. The molecule has 3 fully saturated rings. The van der Waals surface area contributed by atoms with Crippen LogP contribution in [0.3, 0.4) is 0 Å². The highest BCUT2D eigenvalue weighted by molar-refractivity contribution is 7.86. The summed E-state index contributed by atoms with van der Waals surface area (Å²) in [6, 6.07) is 0. The van der Waals surface area contributed by atoms with Crippen LogP contribution in [-0.4, -0.2) is 78.3 Å². The first kappa shape index (κ1) is 18.1. The van der Waals surface area contributed by atoms with Gasteiger partial charge < -0.3 is 10.0 Å². The number of piperidine rings is 2. The molecule has 3 aliphatic heterocycles. The lowest BCUT2D eigenvalue weighted by atomic mass is 9.72. The zero-order valence-corrected chi connectivity index (χ0v) is 15.3. The maximum absolute atomic E-state index is 12.7. The Labute approximate surface area is 144 Å². The summed E-state index contributed by atoms with van der Waals surface area (Å²) in [6.07, 6.45) is 4.30. The molecule has 1 atom stereocenters. The Bertz CT molecular complexity index is 564. The molecule has 3 heterocycles. The van der Waals surface area contributed by atoms with Gasteiger partial charge >= 0.3 is 0 Å². The van der Waals surface area contributed by atoms with Crippen LogP contribution in [0.4, 0.5) is 0 Å². The van der Waals surface area contributed by atoms with E-state index in [9.17, 15) is 18.3 Å². The minimum Gasteiger partial charge on any atom is -0.392 e. The first-order valence-corrected chi connectivity index (χ1v) is 10.4. The topological polar surface area (TPSA) is 81.2 Å². The maximum Gasteiger partial charge on any atom is 0.281 e. The monoisotopic (exact) mass is 359 g/mol. The van der Waals surface area contributed by atoms with Gasteiger partial charge in [-0.3, -0.25) is 4.79 Å². The van der Waals surface area contributed by atoms with Crippen molar-refractivity contribution < 1.29 is 18.3 Å². The average Bonchev–Trinajstić information content (AvgIpc) is 3.06. The second-order valence-corrected chi connectivity index (χ2v) is 9.56. The number of nitrogens with zero attached hydrogens (tertiary/aromatic N) is 3. The predicted molar refractivity (Wildman–Crippen MR) is 90.5 cm³/mol. The minimum absolute atomic E-state index is 0.0137. The number of hydrogen-bond acceptors (Lipinski definition) is 4. The van der Waals surface area contributed by atoms with Crippen molar-refractivity contribution in [2.75, 3.05) is 39.3 Å². The van der Waals surface area contributed by atoms with E-state index in [-0.39, 0.29) is 11.3 Å². The van der Waals surface area contributed by atoms with Crippen LogP contribution >= 0.6 is 0 Å². The summed E-state index contributed by atoms with van der Waals surface area (Å²) in [4.78, 5) is 13.8. The van der Waals surface area contributed by atoms with Crippen LogP contribution in [0.2, 0.25) is 0 Å². The van der Waals surface area contributed by atoms with Gasteiger partial charge in [-0.25, -0.2) is 0 Å². The molecular formula is C16H29N3O4S. The molecule has 0 aromatic rings. The van der Waals surface area contributed by atoms with Crippen LogP contribution in [-0.2, 0) is 15.0 Å². The van der Waals surface area contributed by atoms with E-state index in [4.69, 9.17) is 0 Å². The van der Waals surface area contributed by atoms with Crippen molar-refractivity contribution in [1.82, 2.24) is 13.5 Å². The largest absolute Gasteiger partial charge is 0.392 e. The summed E-state index contributed by atoms with van der Waals surface area (Å²) in [7, 11) is -3.31. The van der Waals surface area contributed by atoms with E-state index < -0.39 is 16.3 Å². The zero-order chi connectivity index (χ0) is 17.4. The van der Waals surface area contributed by atoms with Gasteiger partial charge in [-0.05, 0) is 44.4 Å². The molecule has 7 nitrogen and oxygen atoms in total. The summed E-state index contributed by atoms with van der Waals surface area (Å²) in [6.45, 7) is 5.07. The highest BCUT2D eigenvalue weighted by atomic mass is 32.2. The third-order valence-electron chi connectivity index (χ3n) is 5.73. The molecule has 0 aromatic carbocycles. The van der Waals surface area contributed by atoms with Crippen molar-refractivity contribution in [1.29, 1.82) is 0 Å². The lowest BCUT2D eigenvalue weighted by molar-refractivity contribution is -0.140. The molecule has 1 spiro atoms. The Morgan fingerprint density at radius 1 is 1.08 bits per heavy atom. The molecular weight excluding hydrogens is 330 g/mol. The number of hydrogen-bond donors (Lipinski definition) is 1. The van der Waals surface area contributed by atoms with Crippen LogP contribution < -0.4 is 0 Å². The van der Waals surface area contributed by atoms with Crippen molar-refractivity contribution in [3.63, 3.8) is 0 Å². The second kappa shape index (κ2) is 6.90. The summed E-state index contributed by atoms with van der Waals surface area (Å²) in [5.74, 6) is 0.105. The minimum atomic E-state index is -3.31. The van der Waals surface area contributed by atoms with Crippen molar-refractivity contribution in [3.8, 4) is 0 Å². The Kier molecular flexibility index (Phi) is 5.20. The van der Waals surface area contributed by atoms with E-state index in [1.807, 2.05) is 0 Å². The number of amides is 1. The van der Waals surface area contributed by atoms with Crippen LogP contribution in [0.15, 0.2) is 0 Å². The fraction of sp³-hybridized carbons (Fsp3) is 0.938. The lowest BCUT2D eigenvalue weighted by Gasteiger charge is -2.47. The van der Waals surface area contributed by atoms with E-state index in [1.54, 1.807) is 20.4 Å². The van der Waals surface area contributed by atoms with Gasteiger partial charge in [0, 0.05) is 45.7 Å². The van der Waals surface area contributed by atoms with Crippen molar-refractivity contribution in [3.05, 3.63) is 0 Å². The fourth-order valence-corrected chi connectivity index (χ4v) is 5.96. The van der Waals surface area contributed by atoms with Gasteiger partial charge in [-0.1, -0.05) is 0 Å². The van der Waals surface area contributed by atoms with Gasteiger partial charge in [0.15, 0.2) is 0 Å². The summed E-state index contributed by atoms with van der Waals surface area (Å²) in [5, 5.41) is 9.59. The molecule has 0 aliphatic carbocycles. The Morgan fingerprint density at radius 2 is 1.67 bits per heavy atom. The third kappa shape index (κ3) is 3.61. The maximum atomic E-state index is 12.7. The third-order valence-corrected chi connectivity index (χ3v) is 7.77. The van der Waals surface area contributed by atoms with Gasteiger partial charge in [0.05, 0.1) is 6.10 Å². The molecule has 1 N–H and O–H groups in total. The highest BCUT2D eigenvalue weighted by Gasteiger charge is 2.44. The van der Waals surface area contributed by atoms with Crippen LogP contribution in [0.5, 0.6) is 0 Å². The molecule has 0 radical (unpaired) electrons. The van der Waals surface area contributed by atoms with Gasteiger partial charge in [0.2, 0.25) is 5.91 Å². The van der Waals surface area contributed by atoms with Crippen LogP contribution in [0.25, 0.3) is 0 Å².